The van der Waals surface area contributed by atoms with E-state index in [9.17, 15) is 5.11 Å². The summed E-state index contributed by atoms with van der Waals surface area (Å²) >= 11 is 6.02. The van der Waals surface area contributed by atoms with Crippen LogP contribution in [0.15, 0.2) is 121 Å². The molecule has 0 aliphatic carbocycles. The Kier molecular flexibility index (Phi) is 5.81. The van der Waals surface area contributed by atoms with Crippen molar-refractivity contribution in [2.24, 2.45) is 0 Å². The first-order chi connectivity index (χ1) is 14.2. The molecule has 0 bridgehead atoms. The molecule has 1 nitrogen and oxygen atoms in total. The Bertz CT molecular complexity index is 995. The van der Waals surface area contributed by atoms with E-state index in [1.165, 1.54) is 0 Å². The molecule has 0 N–H and O–H groups in total. The standard InChI is InChI=1S/C26H20ClOP/c27-22-18-16-21(17-19-22)26(28)20-29(23-10-4-1-5-11-23,24-12-6-2-7-13-24)25-14-8-3-9-15-25/h1-20H/b26-20-. The van der Waals surface area contributed by atoms with Gasteiger partial charge in [-0.15, -0.1) is 0 Å². The highest BCUT2D eigenvalue weighted by atomic mass is 35.5. The van der Waals surface area contributed by atoms with Crippen LogP contribution in [-0.2, 0) is 0 Å². The van der Waals surface area contributed by atoms with Gasteiger partial charge >= 0.3 is 0 Å². The molecule has 0 saturated carbocycles. The predicted octanol–water partition coefficient (Wildman–Crippen LogP) is 4.99. The molecule has 0 atom stereocenters. The molecule has 0 heterocycles. The Morgan fingerprint density at radius 1 is 0.586 bits per heavy atom. The monoisotopic (exact) mass is 414 g/mol. The fourth-order valence-corrected chi connectivity index (χ4v) is 7.42. The molecule has 0 saturated heterocycles. The molecule has 0 amide bonds. The van der Waals surface area contributed by atoms with Crippen molar-refractivity contribution in [3.63, 3.8) is 0 Å². The van der Waals surface area contributed by atoms with E-state index in [1.807, 2.05) is 60.4 Å². The molecule has 0 spiro atoms. The predicted molar refractivity (Wildman–Crippen MR) is 125 cm³/mol. The maximum absolute atomic E-state index is 13.4. The van der Waals surface area contributed by atoms with Gasteiger partial charge in [0.1, 0.15) is 23.2 Å². The SMILES string of the molecule is [O-]/C(=C\[P+](c1ccccc1)(c1ccccc1)c1ccccc1)c1ccc(Cl)cc1. The molecule has 142 valence electrons. The minimum absolute atomic E-state index is 0.00607. The van der Waals surface area contributed by atoms with Gasteiger partial charge < -0.3 is 5.11 Å². The molecular formula is C26H20ClOP. The third kappa shape index (κ3) is 3.98. The summed E-state index contributed by atoms with van der Waals surface area (Å²) in [4.78, 5) is 0. The number of hydrogen-bond donors (Lipinski definition) is 0. The highest BCUT2D eigenvalue weighted by Crippen LogP contribution is 2.57. The number of benzene rings is 4. The lowest BCUT2D eigenvalue weighted by Gasteiger charge is -2.27. The Balaban J connectivity index is 2.02. The molecule has 0 aromatic heterocycles. The van der Waals surface area contributed by atoms with Crippen LogP contribution in [0.5, 0.6) is 0 Å². The van der Waals surface area contributed by atoms with Gasteiger partial charge in [-0.2, -0.15) is 0 Å². The second-order valence-corrected chi connectivity index (χ2v) is 10.4. The maximum atomic E-state index is 13.4. The number of rotatable bonds is 5. The van der Waals surface area contributed by atoms with Gasteiger partial charge in [-0.05, 0) is 54.1 Å². The summed E-state index contributed by atoms with van der Waals surface area (Å²) in [7, 11) is -2.29. The van der Waals surface area contributed by atoms with E-state index in [0.717, 1.165) is 15.9 Å². The van der Waals surface area contributed by atoms with Crippen molar-refractivity contribution in [3.8, 4) is 0 Å². The van der Waals surface area contributed by atoms with Crippen molar-refractivity contribution in [3.05, 3.63) is 132 Å². The lowest BCUT2D eigenvalue weighted by molar-refractivity contribution is -0.243. The van der Waals surface area contributed by atoms with Crippen LogP contribution in [0.3, 0.4) is 0 Å². The van der Waals surface area contributed by atoms with Gasteiger partial charge in [0.05, 0.1) is 5.82 Å². The number of halogens is 1. The first-order valence-corrected chi connectivity index (χ1v) is 11.7. The molecule has 3 heteroatoms. The normalized spacial score (nSPS) is 12.0. The highest BCUT2D eigenvalue weighted by Gasteiger charge is 2.43. The van der Waals surface area contributed by atoms with Crippen LogP contribution in [0.25, 0.3) is 5.76 Å². The van der Waals surface area contributed by atoms with Crippen molar-refractivity contribution < 1.29 is 5.11 Å². The van der Waals surface area contributed by atoms with Crippen LogP contribution in [0.1, 0.15) is 5.56 Å². The second-order valence-electron chi connectivity index (χ2n) is 6.73. The first-order valence-electron chi connectivity index (χ1n) is 9.41. The Hall–Kier alpha value is -2.86. The molecule has 0 unspecified atom stereocenters. The van der Waals surface area contributed by atoms with E-state index in [1.54, 1.807) is 24.3 Å². The van der Waals surface area contributed by atoms with Crippen LogP contribution in [-0.4, -0.2) is 0 Å². The Morgan fingerprint density at radius 2 is 0.966 bits per heavy atom. The summed E-state index contributed by atoms with van der Waals surface area (Å²) in [6, 6.07) is 38.1. The zero-order chi connectivity index (χ0) is 20.1. The van der Waals surface area contributed by atoms with Gasteiger partial charge in [0.15, 0.2) is 0 Å². The fraction of sp³-hybridized carbons (Fsp3) is 0. The molecule has 4 aromatic rings. The third-order valence-electron chi connectivity index (χ3n) is 4.93. The van der Waals surface area contributed by atoms with Crippen molar-refractivity contribution in [2.75, 3.05) is 0 Å². The van der Waals surface area contributed by atoms with Crippen molar-refractivity contribution in [2.45, 2.75) is 0 Å². The van der Waals surface area contributed by atoms with E-state index in [-0.39, 0.29) is 5.76 Å². The van der Waals surface area contributed by atoms with Crippen LogP contribution in [0.2, 0.25) is 5.02 Å². The summed E-state index contributed by atoms with van der Waals surface area (Å²) in [5.74, 6) is 1.95. The Labute approximate surface area is 177 Å². The van der Waals surface area contributed by atoms with Crippen molar-refractivity contribution in [1.82, 2.24) is 0 Å². The average Bonchev–Trinajstić information content (AvgIpc) is 2.79. The molecule has 4 aromatic carbocycles. The van der Waals surface area contributed by atoms with Crippen LogP contribution in [0, 0.1) is 0 Å². The molecular weight excluding hydrogens is 395 g/mol. The minimum atomic E-state index is -2.29. The zero-order valence-electron chi connectivity index (χ0n) is 15.8. The molecule has 0 aliphatic rings. The fourth-order valence-electron chi connectivity index (χ4n) is 3.52. The number of hydrogen-bond acceptors (Lipinski definition) is 1. The van der Waals surface area contributed by atoms with Gasteiger partial charge in [-0.25, -0.2) is 0 Å². The van der Waals surface area contributed by atoms with Gasteiger partial charge in [0.2, 0.25) is 0 Å². The van der Waals surface area contributed by atoms with Crippen molar-refractivity contribution in [1.29, 1.82) is 0 Å². The van der Waals surface area contributed by atoms with Crippen LogP contribution >= 0.6 is 18.9 Å². The van der Waals surface area contributed by atoms with E-state index in [4.69, 9.17) is 11.6 Å². The maximum Gasteiger partial charge on any atom is 0.136 e. The quantitative estimate of drug-likeness (QED) is 0.333. The topological polar surface area (TPSA) is 23.1 Å². The van der Waals surface area contributed by atoms with Crippen molar-refractivity contribution >= 4 is 40.5 Å². The second kappa shape index (κ2) is 8.66. The summed E-state index contributed by atoms with van der Waals surface area (Å²) in [5, 5.41) is 17.5. The van der Waals surface area contributed by atoms with Gasteiger partial charge in [0.25, 0.3) is 0 Å². The summed E-state index contributed by atoms with van der Waals surface area (Å²) in [6.45, 7) is 0. The molecule has 0 fully saturated rings. The van der Waals surface area contributed by atoms with Gasteiger partial charge in [-0.3, -0.25) is 0 Å². The summed E-state index contributed by atoms with van der Waals surface area (Å²) in [6.07, 6.45) is 0. The molecule has 0 aliphatic heterocycles. The van der Waals surface area contributed by atoms with Gasteiger partial charge in [-0.1, -0.05) is 84.1 Å². The summed E-state index contributed by atoms with van der Waals surface area (Å²) < 4.78 is 0. The minimum Gasteiger partial charge on any atom is -0.870 e. The van der Waals surface area contributed by atoms with E-state index < -0.39 is 7.26 Å². The first kappa shape index (κ1) is 19.5. The highest BCUT2D eigenvalue weighted by molar-refractivity contribution is 7.98. The average molecular weight is 415 g/mol. The summed E-state index contributed by atoms with van der Waals surface area (Å²) in [5.41, 5.74) is 0.640. The molecule has 29 heavy (non-hydrogen) atoms. The molecule has 4 rings (SSSR count). The largest absolute Gasteiger partial charge is 0.870 e. The smallest absolute Gasteiger partial charge is 0.136 e. The Morgan fingerprint density at radius 3 is 1.34 bits per heavy atom. The lowest BCUT2D eigenvalue weighted by Crippen LogP contribution is -2.30. The van der Waals surface area contributed by atoms with E-state index in [2.05, 4.69) is 36.4 Å². The zero-order valence-corrected chi connectivity index (χ0v) is 17.4. The molecule has 0 radical (unpaired) electrons. The van der Waals surface area contributed by atoms with Gasteiger partial charge in [0, 0.05) is 5.02 Å². The van der Waals surface area contributed by atoms with E-state index in [0.29, 0.717) is 10.6 Å². The van der Waals surface area contributed by atoms with Crippen LogP contribution in [0.4, 0.5) is 0 Å². The third-order valence-corrected chi connectivity index (χ3v) is 9.14. The van der Waals surface area contributed by atoms with E-state index >= 15 is 0 Å². The van der Waals surface area contributed by atoms with Crippen LogP contribution < -0.4 is 21.0 Å². The lowest BCUT2D eigenvalue weighted by atomic mass is 10.2.